The van der Waals surface area contributed by atoms with E-state index in [1.165, 1.54) is 0 Å². The van der Waals surface area contributed by atoms with E-state index < -0.39 is 0 Å². The minimum atomic E-state index is 0.0127. The van der Waals surface area contributed by atoms with Crippen LogP contribution in [0.1, 0.15) is 24.1 Å². The number of carbonyl (C=O) groups excluding carboxylic acids is 1. The Labute approximate surface area is 132 Å². The first-order valence-electron chi connectivity index (χ1n) is 6.91. The smallest absolute Gasteiger partial charge is 0.261 e. The maximum atomic E-state index is 12.4. The van der Waals surface area contributed by atoms with Gasteiger partial charge in [0, 0.05) is 10.0 Å². The van der Waals surface area contributed by atoms with Crippen LogP contribution < -0.4 is 4.74 Å². The molecule has 1 unspecified atom stereocenters. The molecule has 0 aliphatic carbocycles. The van der Waals surface area contributed by atoms with Gasteiger partial charge in [0.1, 0.15) is 5.75 Å². The lowest BCUT2D eigenvalue weighted by molar-refractivity contribution is -0.135. The largest absolute Gasteiger partial charge is 0.483 e. The number of hydrogen-bond donors (Lipinski definition) is 0. The summed E-state index contributed by atoms with van der Waals surface area (Å²) in [4.78, 5) is 14.2. The lowest BCUT2D eigenvalue weighted by atomic mass is 10.1. The van der Waals surface area contributed by atoms with Crippen LogP contribution in [-0.2, 0) is 11.3 Å². The second-order valence-electron chi connectivity index (χ2n) is 5.15. The quantitative estimate of drug-likeness (QED) is 0.825. The molecular weight excluding hydrogens is 330 g/mol. The zero-order valence-corrected chi connectivity index (χ0v) is 13.3. The standard InChI is InChI=1S/C17H16BrNO2/c1-12(13-5-3-2-4-6-13)19-10-14-9-15(18)7-8-16(14)21-11-17(19)20/h2-9,12H,10-11H2,1H3. The van der Waals surface area contributed by atoms with Crippen molar-refractivity contribution < 1.29 is 9.53 Å². The molecule has 1 aliphatic rings. The van der Waals surface area contributed by atoms with Crippen molar-refractivity contribution in [2.24, 2.45) is 0 Å². The van der Waals surface area contributed by atoms with Gasteiger partial charge >= 0.3 is 0 Å². The van der Waals surface area contributed by atoms with E-state index in [9.17, 15) is 4.79 Å². The highest BCUT2D eigenvalue weighted by Crippen LogP contribution is 2.30. The highest BCUT2D eigenvalue weighted by Gasteiger charge is 2.26. The van der Waals surface area contributed by atoms with E-state index in [1.807, 2.05) is 53.4 Å². The van der Waals surface area contributed by atoms with E-state index in [0.717, 1.165) is 21.3 Å². The fourth-order valence-electron chi connectivity index (χ4n) is 2.57. The van der Waals surface area contributed by atoms with Crippen LogP contribution in [0, 0.1) is 0 Å². The van der Waals surface area contributed by atoms with Crippen LogP contribution in [0.25, 0.3) is 0 Å². The third-order valence-electron chi connectivity index (χ3n) is 3.78. The molecule has 21 heavy (non-hydrogen) atoms. The maximum absolute atomic E-state index is 12.4. The zero-order chi connectivity index (χ0) is 14.8. The van der Waals surface area contributed by atoms with Gasteiger partial charge in [-0.1, -0.05) is 46.3 Å². The summed E-state index contributed by atoms with van der Waals surface area (Å²) in [6.45, 7) is 2.70. The number of ether oxygens (including phenoxy) is 1. The molecule has 0 N–H and O–H groups in total. The first kappa shape index (κ1) is 14.1. The maximum Gasteiger partial charge on any atom is 0.261 e. The van der Waals surface area contributed by atoms with Crippen molar-refractivity contribution in [2.75, 3.05) is 6.61 Å². The molecule has 0 spiro atoms. The minimum Gasteiger partial charge on any atom is -0.483 e. The first-order valence-corrected chi connectivity index (χ1v) is 7.70. The minimum absolute atomic E-state index is 0.0127. The fourth-order valence-corrected chi connectivity index (χ4v) is 2.98. The van der Waals surface area contributed by atoms with Crippen LogP contribution in [0.5, 0.6) is 5.75 Å². The molecule has 3 rings (SSSR count). The second kappa shape index (κ2) is 5.90. The molecule has 0 fully saturated rings. The van der Waals surface area contributed by atoms with Crippen LogP contribution in [-0.4, -0.2) is 17.4 Å². The normalized spacial score (nSPS) is 15.9. The van der Waals surface area contributed by atoms with Crippen LogP contribution >= 0.6 is 15.9 Å². The van der Waals surface area contributed by atoms with Crippen molar-refractivity contribution in [3.8, 4) is 5.75 Å². The van der Waals surface area contributed by atoms with Crippen molar-refractivity contribution in [2.45, 2.75) is 19.5 Å². The van der Waals surface area contributed by atoms with Gasteiger partial charge in [0.05, 0.1) is 12.6 Å². The predicted molar refractivity (Wildman–Crippen MR) is 85.0 cm³/mol. The monoisotopic (exact) mass is 345 g/mol. The van der Waals surface area contributed by atoms with E-state index in [1.54, 1.807) is 0 Å². The average molecular weight is 346 g/mol. The molecule has 108 valence electrons. The molecule has 1 atom stereocenters. The number of amides is 1. The Morgan fingerprint density at radius 2 is 1.95 bits per heavy atom. The Bertz CT molecular complexity index is 657. The molecule has 4 heteroatoms. The average Bonchev–Trinajstić information content (AvgIpc) is 2.67. The summed E-state index contributed by atoms with van der Waals surface area (Å²) in [5.41, 5.74) is 2.15. The van der Waals surface area contributed by atoms with Gasteiger partial charge in [0.15, 0.2) is 6.61 Å². The number of carbonyl (C=O) groups is 1. The topological polar surface area (TPSA) is 29.5 Å². The van der Waals surface area contributed by atoms with Crippen molar-refractivity contribution in [1.82, 2.24) is 4.90 Å². The lowest BCUT2D eigenvalue weighted by Gasteiger charge is -2.28. The van der Waals surface area contributed by atoms with Gasteiger partial charge < -0.3 is 9.64 Å². The molecule has 0 saturated carbocycles. The van der Waals surface area contributed by atoms with Gasteiger partial charge in [-0.2, -0.15) is 0 Å². The second-order valence-corrected chi connectivity index (χ2v) is 6.06. The van der Waals surface area contributed by atoms with E-state index in [4.69, 9.17) is 4.74 Å². The SMILES string of the molecule is CC(c1ccccc1)N1Cc2cc(Br)ccc2OCC1=O. The number of benzene rings is 2. The Hall–Kier alpha value is -1.81. The Kier molecular flexibility index (Phi) is 3.97. The zero-order valence-electron chi connectivity index (χ0n) is 11.8. The van der Waals surface area contributed by atoms with Gasteiger partial charge in [-0.15, -0.1) is 0 Å². The summed E-state index contributed by atoms with van der Waals surface area (Å²) >= 11 is 3.47. The van der Waals surface area contributed by atoms with Gasteiger partial charge in [-0.05, 0) is 30.7 Å². The Balaban J connectivity index is 1.93. The highest BCUT2D eigenvalue weighted by molar-refractivity contribution is 9.10. The van der Waals surface area contributed by atoms with E-state index >= 15 is 0 Å². The molecule has 0 radical (unpaired) electrons. The summed E-state index contributed by atoms with van der Waals surface area (Å²) in [5.74, 6) is 0.799. The molecule has 0 aromatic heterocycles. The highest BCUT2D eigenvalue weighted by atomic mass is 79.9. The molecule has 3 nitrogen and oxygen atoms in total. The van der Waals surface area contributed by atoms with Crippen molar-refractivity contribution in [1.29, 1.82) is 0 Å². The summed E-state index contributed by atoms with van der Waals surface area (Å²) < 4.78 is 6.61. The lowest BCUT2D eigenvalue weighted by Crippen LogP contribution is -2.34. The molecule has 0 saturated heterocycles. The third kappa shape index (κ3) is 2.95. The Morgan fingerprint density at radius 1 is 1.19 bits per heavy atom. The number of nitrogens with zero attached hydrogens (tertiary/aromatic N) is 1. The van der Waals surface area contributed by atoms with E-state index in [-0.39, 0.29) is 18.6 Å². The van der Waals surface area contributed by atoms with E-state index in [0.29, 0.717) is 6.54 Å². The number of halogens is 1. The van der Waals surface area contributed by atoms with Crippen LogP contribution in [0.4, 0.5) is 0 Å². The van der Waals surface area contributed by atoms with Gasteiger partial charge in [-0.3, -0.25) is 4.79 Å². The van der Waals surface area contributed by atoms with Crippen molar-refractivity contribution in [3.05, 3.63) is 64.1 Å². The molecule has 1 amide bonds. The van der Waals surface area contributed by atoms with Crippen LogP contribution in [0.2, 0.25) is 0 Å². The third-order valence-corrected chi connectivity index (χ3v) is 4.28. The van der Waals surface area contributed by atoms with Crippen LogP contribution in [0.15, 0.2) is 53.0 Å². The molecular formula is C17H16BrNO2. The Morgan fingerprint density at radius 3 is 2.71 bits per heavy atom. The van der Waals surface area contributed by atoms with Gasteiger partial charge in [0.2, 0.25) is 0 Å². The summed E-state index contributed by atoms with van der Waals surface area (Å²) in [6.07, 6.45) is 0. The number of rotatable bonds is 2. The van der Waals surface area contributed by atoms with Gasteiger partial charge in [0.25, 0.3) is 5.91 Å². The van der Waals surface area contributed by atoms with Crippen LogP contribution in [0.3, 0.4) is 0 Å². The summed E-state index contributed by atoms with van der Waals surface area (Å²) in [5, 5.41) is 0. The van der Waals surface area contributed by atoms with Gasteiger partial charge in [-0.25, -0.2) is 0 Å². The van der Waals surface area contributed by atoms with Crippen molar-refractivity contribution in [3.63, 3.8) is 0 Å². The summed E-state index contributed by atoms with van der Waals surface area (Å²) in [7, 11) is 0. The molecule has 1 heterocycles. The molecule has 1 aliphatic heterocycles. The predicted octanol–water partition coefficient (Wildman–Crippen LogP) is 3.93. The fraction of sp³-hybridized carbons (Fsp3) is 0.235. The van der Waals surface area contributed by atoms with E-state index in [2.05, 4.69) is 22.9 Å². The first-order chi connectivity index (χ1) is 10.1. The molecule has 2 aromatic carbocycles. The summed E-state index contributed by atoms with van der Waals surface area (Å²) in [6, 6.07) is 15.9. The number of hydrogen-bond acceptors (Lipinski definition) is 2. The number of fused-ring (bicyclic) bond motifs is 1. The molecule has 0 bridgehead atoms. The van der Waals surface area contributed by atoms with Crippen molar-refractivity contribution >= 4 is 21.8 Å². The molecule has 2 aromatic rings.